The molecule has 14 heavy (non-hydrogen) atoms. The number of aromatic nitrogens is 2. The normalized spacial score (nSPS) is 10.4. The molecule has 1 heterocycles. The lowest BCUT2D eigenvalue weighted by Gasteiger charge is -2.04. The number of rotatable bonds is 2. The highest BCUT2D eigenvalue weighted by molar-refractivity contribution is 5.91. The van der Waals surface area contributed by atoms with Gasteiger partial charge in [0.25, 0.3) is 0 Å². The topological polar surface area (TPSA) is 17.8 Å². The monoisotopic (exact) mass is 184 g/mol. The Bertz CT molecular complexity index is 506. The summed E-state index contributed by atoms with van der Waals surface area (Å²) in [5.41, 5.74) is 4.13. The van der Waals surface area contributed by atoms with Crippen molar-refractivity contribution in [3.8, 4) is 0 Å². The van der Waals surface area contributed by atoms with Crippen molar-refractivity contribution < 1.29 is 0 Å². The van der Waals surface area contributed by atoms with Gasteiger partial charge in [0.1, 0.15) is 0 Å². The predicted octanol–water partition coefficient (Wildman–Crippen LogP) is 2.77. The lowest BCUT2D eigenvalue weighted by atomic mass is 10.1. The van der Waals surface area contributed by atoms with Crippen molar-refractivity contribution in [2.24, 2.45) is 7.05 Å². The number of aryl methyl sites for hydroxylation is 1. The zero-order valence-corrected chi connectivity index (χ0v) is 8.20. The summed E-state index contributed by atoms with van der Waals surface area (Å²) in [5, 5.41) is 0. The molecule has 0 atom stereocenters. The molecule has 0 aliphatic heterocycles. The van der Waals surface area contributed by atoms with Gasteiger partial charge in [-0.25, -0.2) is 4.98 Å². The molecule has 0 unspecified atom stereocenters. The number of benzene rings is 1. The molecular formula is C12H12N2. The molecule has 2 nitrogen and oxygen atoms in total. The number of hydrogen-bond acceptors (Lipinski definition) is 1. The van der Waals surface area contributed by atoms with Crippen LogP contribution in [0.1, 0.15) is 5.56 Å². The van der Waals surface area contributed by atoms with Gasteiger partial charge in [-0.15, -0.1) is 0 Å². The second-order valence-electron chi connectivity index (χ2n) is 3.26. The van der Waals surface area contributed by atoms with Crippen molar-refractivity contribution in [3.05, 3.63) is 49.3 Å². The van der Waals surface area contributed by atoms with E-state index >= 15 is 0 Å². The highest BCUT2D eigenvalue weighted by atomic mass is 15.0. The summed E-state index contributed by atoms with van der Waals surface area (Å²) in [7, 11) is 1.98. The van der Waals surface area contributed by atoms with Crippen molar-refractivity contribution in [2.45, 2.75) is 0 Å². The molecule has 2 rings (SSSR count). The Hall–Kier alpha value is -1.83. The van der Waals surface area contributed by atoms with Crippen molar-refractivity contribution in [3.63, 3.8) is 0 Å². The summed E-state index contributed by atoms with van der Waals surface area (Å²) in [4.78, 5) is 4.28. The number of nitrogens with zero attached hydrogens (tertiary/aromatic N) is 2. The van der Waals surface area contributed by atoms with Crippen LogP contribution in [0.4, 0.5) is 0 Å². The maximum Gasteiger partial charge on any atom is 0.0955 e. The van der Waals surface area contributed by atoms with Crippen LogP contribution in [-0.4, -0.2) is 9.55 Å². The lowest BCUT2D eigenvalue weighted by molar-refractivity contribution is 0.946. The van der Waals surface area contributed by atoms with Crippen molar-refractivity contribution in [2.75, 3.05) is 0 Å². The van der Waals surface area contributed by atoms with Crippen LogP contribution in [0.5, 0.6) is 0 Å². The number of fused-ring (bicyclic) bond motifs is 1. The Kier molecular flexibility index (Phi) is 1.97. The van der Waals surface area contributed by atoms with Gasteiger partial charge in [-0.1, -0.05) is 31.4 Å². The molecular weight excluding hydrogens is 172 g/mol. The minimum Gasteiger partial charge on any atom is -0.333 e. The molecule has 2 aromatic rings. The highest BCUT2D eigenvalue weighted by Gasteiger charge is 2.05. The fourth-order valence-electron chi connectivity index (χ4n) is 1.58. The fourth-order valence-corrected chi connectivity index (χ4v) is 1.58. The summed E-state index contributed by atoms with van der Waals surface area (Å²) in [6.07, 6.45) is 3.58. The molecule has 0 aliphatic carbocycles. The number of para-hydroxylation sites is 1. The Morgan fingerprint density at radius 1 is 1.50 bits per heavy atom. The first-order chi connectivity index (χ1) is 6.74. The molecule has 0 amide bonds. The zero-order chi connectivity index (χ0) is 10.1. The van der Waals surface area contributed by atoms with Gasteiger partial charge < -0.3 is 4.57 Å². The van der Waals surface area contributed by atoms with Gasteiger partial charge in [0, 0.05) is 12.6 Å². The van der Waals surface area contributed by atoms with Crippen LogP contribution in [0, 0.1) is 0 Å². The third-order valence-electron chi connectivity index (χ3n) is 2.33. The molecule has 0 saturated heterocycles. The summed E-state index contributed by atoms with van der Waals surface area (Å²) in [6, 6.07) is 6.02. The van der Waals surface area contributed by atoms with Crippen LogP contribution < -0.4 is 0 Å². The van der Waals surface area contributed by atoms with Gasteiger partial charge in [-0.05, 0) is 11.6 Å². The fraction of sp³-hybridized carbons (Fsp3) is 0.0833. The lowest BCUT2D eigenvalue weighted by Crippen LogP contribution is -1.89. The standard InChI is InChI=1S/C12H12N2/c1-4-9(2)10-6-5-7-11-12(10)14(3)8-13-11/h4-8H,1-2H2,3H3. The van der Waals surface area contributed by atoms with E-state index in [0.717, 1.165) is 22.2 Å². The van der Waals surface area contributed by atoms with E-state index in [2.05, 4.69) is 18.1 Å². The zero-order valence-electron chi connectivity index (χ0n) is 8.20. The van der Waals surface area contributed by atoms with Crippen LogP contribution in [0.25, 0.3) is 16.6 Å². The molecule has 0 fully saturated rings. The third kappa shape index (κ3) is 1.16. The largest absolute Gasteiger partial charge is 0.333 e. The molecule has 2 heteroatoms. The van der Waals surface area contributed by atoms with Crippen LogP contribution >= 0.6 is 0 Å². The van der Waals surface area contributed by atoms with Crippen molar-refractivity contribution in [1.82, 2.24) is 9.55 Å². The second kappa shape index (κ2) is 3.14. The molecule has 1 aromatic heterocycles. The number of allylic oxidation sites excluding steroid dienone is 2. The van der Waals surface area contributed by atoms with Crippen LogP contribution in [0.3, 0.4) is 0 Å². The van der Waals surface area contributed by atoms with E-state index in [0.29, 0.717) is 0 Å². The van der Waals surface area contributed by atoms with E-state index in [-0.39, 0.29) is 0 Å². The highest BCUT2D eigenvalue weighted by Crippen LogP contribution is 2.23. The van der Waals surface area contributed by atoms with E-state index in [1.807, 2.05) is 36.1 Å². The van der Waals surface area contributed by atoms with Gasteiger partial charge >= 0.3 is 0 Å². The van der Waals surface area contributed by atoms with Crippen LogP contribution in [0.2, 0.25) is 0 Å². The quantitative estimate of drug-likeness (QED) is 0.656. The van der Waals surface area contributed by atoms with Gasteiger partial charge in [0.05, 0.1) is 17.4 Å². The minimum absolute atomic E-state index is 0.930. The van der Waals surface area contributed by atoms with E-state index in [1.165, 1.54) is 0 Å². The molecule has 0 aliphatic rings. The summed E-state index contributed by atoms with van der Waals surface area (Å²) < 4.78 is 2.00. The second-order valence-corrected chi connectivity index (χ2v) is 3.26. The minimum atomic E-state index is 0.930. The third-order valence-corrected chi connectivity index (χ3v) is 2.33. The van der Waals surface area contributed by atoms with E-state index in [4.69, 9.17) is 0 Å². The number of hydrogen-bond donors (Lipinski definition) is 0. The van der Waals surface area contributed by atoms with E-state index < -0.39 is 0 Å². The molecule has 0 radical (unpaired) electrons. The molecule has 1 aromatic carbocycles. The van der Waals surface area contributed by atoms with Crippen molar-refractivity contribution >= 4 is 16.6 Å². The summed E-state index contributed by atoms with van der Waals surface area (Å²) in [6.45, 7) is 7.68. The van der Waals surface area contributed by atoms with Gasteiger partial charge in [-0.3, -0.25) is 0 Å². The molecule has 0 spiro atoms. The Morgan fingerprint density at radius 3 is 3.00 bits per heavy atom. The Balaban J connectivity index is 2.81. The SMILES string of the molecule is C=CC(=C)c1cccc2ncn(C)c12. The van der Waals surface area contributed by atoms with Gasteiger partial charge in [-0.2, -0.15) is 0 Å². The van der Waals surface area contributed by atoms with Crippen molar-refractivity contribution in [1.29, 1.82) is 0 Å². The molecule has 0 bridgehead atoms. The summed E-state index contributed by atoms with van der Waals surface area (Å²) >= 11 is 0. The predicted molar refractivity (Wildman–Crippen MR) is 59.9 cm³/mol. The van der Waals surface area contributed by atoms with E-state index in [1.54, 1.807) is 6.08 Å². The van der Waals surface area contributed by atoms with Gasteiger partial charge in [0.2, 0.25) is 0 Å². The van der Waals surface area contributed by atoms with Gasteiger partial charge in [0.15, 0.2) is 0 Å². The number of imidazole rings is 1. The van der Waals surface area contributed by atoms with Crippen LogP contribution in [0.15, 0.2) is 43.8 Å². The molecule has 0 saturated carbocycles. The Morgan fingerprint density at radius 2 is 2.29 bits per heavy atom. The first kappa shape index (κ1) is 8.75. The maximum absolute atomic E-state index is 4.28. The van der Waals surface area contributed by atoms with E-state index in [9.17, 15) is 0 Å². The molecule has 0 N–H and O–H groups in total. The maximum atomic E-state index is 4.28. The van der Waals surface area contributed by atoms with Crippen LogP contribution in [-0.2, 0) is 7.05 Å². The molecule has 70 valence electrons. The average Bonchev–Trinajstić information content (AvgIpc) is 2.59. The average molecular weight is 184 g/mol. The first-order valence-electron chi connectivity index (χ1n) is 4.46. The first-order valence-corrected chi connectivity index (χ1v) is 4.46. The smallest absolute Gasteiger partial charge is 0.0955 e. The summed E-state index contributed by atoms with van der Waals surface area (Å²) in [5.74, 6) is 0. The Labute approximate surface area is 83.2 Å².